The molecule has 3 aromatic rings. The number of rotatable bonds is 6. The summed E-state index contributed by atoms with van der Waals surface area (Å²) in [6.07, 6.45) is 1.33. The van der Waals surface area contributed by atoms with E-state index >= 15 is 0 Å². The Morgan fingerprint density at radius 2 is 1.64 bits per heavy atom. The van der Waals surface area contributed by atoms with Crippen LogP contribution in [0, 0.1) is 0 Å². The summed E-state index contributed by atoms with van der Waals surface area (Å²) in [6.45, 7) is 0. The molecule has 0 bridgehead atoms. The van der Waals surface area contributed by atoms with Crippen molar-refractivity contribution in [2.75, 3.05) is 0 Å². The predicted molar refractivity (Wildman–Crippen MR) is 100 cm³/mol. The molecule has 0 aliphatic heterocycles. The number of hydrogen-bond donors (Lipinski definition) is 1. The van der Waals surface area contributed by atoms with Crippen LogP contribution in [0.25, 0.3) is 10.8 Å². The number of nitrogens with two attached hydrogens (primary N) is 1. The van der Waals surface area contributed by atoms with Gasteiger partial charge in [-0.3, -0.25) is 0 Å². The lowest BCUT2D eigenvalue weighted by Crippen LogP contribution is -2.17. The molecule has 0 fully saturated rings. The average molecular weight is 332 g/mol. The molecule has 0 unspecified atom stereocenters. The highest BCUT2D eigenvalue weighted by molar-refractivity contribution is 5.91. The average Bonchev–Trinajstić information content (AvgIpc) is 2.66. The molecule has 0 atom stereocenters. The van der Waals surface area contributed by atoms with Crippen molar-refractivity contribution in [2.24, 2.45) is 10.9 Å². The summed E-state index contributed by atoms with van der Waals surface area (Å²) >= 11 is 0. The standard InChI is InChI=1S/C21H20N2O2/c22-20(15-18-11-6-10-17-9-4-5-12-19(17)18)23-25-21(24)14-13-16-7-2-1-3-8-16/h1-12H,13-15H2,(H2,22,23). The second-order valence-electron chi connectivity index (χ2n) is 5.85. The van der Waals surface area contributed by atoms with Crippen LogP contribution in [0.3, 0.4) is 0 Å². The third kappa shape index (κ3) is 4.67. The van der Waals surface area contributed by atoms with Crippen molar-refractivity contribution < 1.29 is 9.63 Å². The summed E-state index contributed by atoms with van der Waals surface area (Å²) in [7, 11) is 0. The van der Waals surface area contributed by atoms with E-state index in [0.29, 0.717) is 12.8 Å². The van der Waals surface area contributed by atoms with E-state index in [4.69, 9.17) is 10.6 Å². The van der Waals surface area contributed by atoms with E-state index in [1.807, 2.05) is 60.7 Å². The van der Waals surface area contributed by atoms with Gasteiger partial charge in [-0.2, -0.15) is 0 Å². The summed E-state index contributed by atoms with van der Waals surface area (Å²) in [6, 6.07) is 23.9. The van der Waals surface area contributed by atoms with Crippen molar-refractivity contribution in [3.05, 3.63) is 83.9 Å². The Morgan fingerprint density at radius 1 is 0.920 bits per heavy atom. The van der Waals surface area contributed by atoms with Crippen LogP contribution in [0.5, 0.6) is 0 Å². The van der Waals surface area contributed by atoms with E-state index < -0.39 is 0 Å². The van der Waals surface area contributed by atoms with Crippen molar-refractivity contribution >= 4 is 22.6 Å². The Balaban J connectivity index is 1.57. The lowest BCUT2D eigenvalue weighted by molar-refractivity contribution is -0.143. The third-order valence-corrected chi connectivity index (χ3v) is 3.98. The molecule has 0 spiro atoms. The number of benzene rings is 3. The molecule has 3 rings (SSSR count). The Bertz CT molecular complexity index is 883. The van der Waals surface area contributed by atoms with Crippen LogP contribution in [-0.4, -0.2) is 11.8 Å². The van der Waals surface area contributed by atoms with Crippen LogP contribution in [0.15, 0.2) is 78.0 Å². The summed E-state index contributed by atoms with van der Waals surface area (Å²) in [5.41, 5.74) is 8.07. The first-order valence-electron chi connectivity index (χ1n) is 8.25. The topological polar surface area (TPSA) is 64.7 Å². The molecular formula is C21H20N2O2. The van der Waals surface area contributed by atoms with E-state index in [0.717, 1.165) is 21.9 Å². The van der Waals surface area contributed by atoms with Crippen LogP contribution < -0.4 is 5.73 Å². The number of carbonyl (C=O) groups is 1. The van der Waals surface area contributed by atoms with Gasteiger partial charge in [-0.1, -0.05) is 78.0 Å². The number of aryl methyl sites for hydroxylation is 1. The zero-order chi connectivity index (χ0) is 17.5. The smallest absolute Gasteiger partial charge is 0.335 e. The molecular weight excluding hydrogens is 312 g/mol. The van der Waals surface area contributed by atoms with Crippen molar-refractivity contribution in [2.45, 2.75) is 19.3 Å². The Labute approximate surface area is 146 Å². The molecule has 0 saturated carbocycles. The molecule has 0 heterocycles. The van der Waals surface area contributed by atoms with Gasteiger partial charge in [0.15, 0.2) is 0 Å². The number of amidine groups is 1. The fourth-order valence-corrected chi connectivity index (χ4v) is 2.72. The Morgan fingerprint density at radius 3 is 2.48 bits per heavy atom. The van der Waals surface area contributed by atoms with Gasteiger partial charge < -0.3 is 10.6 Å². The summed E-state index contributed by atoms with van der Waals surface area (Å²) in [4.78, 5) is 16.7. The first-order valence-corrected chi connectivity index (χ1v) is 8.25. The lowest BCUT2D eigenvalue weighted by atomic mass is 10.0. The molecule has 25 heavy (non-hydrogen) atoms. The third-order valence-electron chi connectivity index (χ3n) is 3.98. The summed E-state index contributed by atoms with van der Waals surface area (Å²) < 4.78 is 0. The number of carbonyl (C=O) groups excluding carboxylic acids is 1. The minimum Gasteiger partial charge on any atom is -0.384 e. The van der Waals surface area contributed by atoms with Gasteiger partial charge in [-0.15, -0.1) is 0 Å². The molecule has 0 aliphatic rings. The lowest BCUT2D eigenvalue weighted by Gasteiger charge is -2.06. The Kier molecular flexibility index (Phi) is 5.42. The predicted octanol–water partition coefficient (Wildman–Crippen LogP) is 3.83. The number of fused-ring (bicyclic) bond motifs is 1. The van der Waals surface area contributed by atoms with Gasteiger partial charge in [-0.05, 0) is 28.3 Å². The van der Waals surface area contributed by atoms with Gasteiger partial charge in [0.2, 0.25) is 0 Å². The number of hydrogen-bond acceptors (Lipinski definition) is 3. The van der Waals surface area contributed by atoms with E-state index in [-0.39, 0.29) is 18.2 Å². The zero-order valence-electron chi connectivity index (χ0n) is 13.9. The minimum atomic E-state index is -0.385. The maximum Gasteiger partial charge on any atom is 0.335 e. The Hall–Kier alpha value is -3.14. The molecule has 3 aromatic carbocycles. The second kappa shape index (κ2) is 8.11. The quantitative estimate of drug-likeness (QED) is 0.323. The molecule has 4 heteroatoms. The van der Waals surface area contributed by atoms with Crippen LogP contribution >= 0.6 is 0 Å². The zero-order valence-corrected chi connectivity index (χ0v) is 13.9. The van der Waals surface area contributed by atoms with Crippen molar-refractivity contribution in [3.8, 4) is 0 Å². The van der Waals surface area contributed by atoms with Gasteiger partial charge in [0.1, 0.15) is 5.84 Å². The molecule has 4 nitrogen and oxygen atoms in total. The minimum absolute atomic E-state index is 0.273. The molecule has 126 valence electrons. The highest BCUT2D eigenvalue weighted by Crippen LogP contribution is 2.18. The maximum absolute atomic E-state index is 11.8. The number of nitrogens with zero attached hydrogens (tertiary/aromatic N) is 1. The van der Waals surface area contributed by atoms with Gasteiger partial charge >= 0.3 is 5.97 Å². The highest BCUT2D eigenvalue weighted by atomic mass is 16.7. The first-order chi connectivity index (χ1) is 12.2. The monoisotopic (exact) mass is 332 g/mol. The fraction of sp³-hybridized carbons (Fsp3) is 0.143. The van der Waals surface area contributed by atoms with Gasteiger partial charge in [0, 0.05) is 6.42 Å². The van der Waals surface area contributed by atoms with E-state index in [1.165, 1.54) is 0 Å². The molecule has 0 aliphatic carbocycles. The van der Waals surface area contributed by atoms with E-state index in [2.05, 4.69) is 17.3 Å². The first kappa shape index (κ1) is 16.7. The maximum atomic E-state index is 11.8. The number of oxime groups is 1. The second-order valence-corrected chi connectivity index (χ2v) is 5.85. The van der Waals surface area contributed by atoms with Gasteiger partial charge in [-0.25, -0.2) is 4.79 Å². The summed E-state index contributed by atoms with van der Waals surface area (Å²) in [5.74, 6) is -0.103. The molecule has 2 N–H and O–H groups in total. The fourth-order valence-electron chi connectivity index (χ4n) is 2.72. The normalized spacial score (nSPS) is 11.4. The SMILES string of the molecule is N/C(Cc1cccc2ccccc12)=N\OC(=O)CCc1ccccc1. The van der Waals surface area contributed by atoms with E-state index in [1.54, 1.807) is 0 Å². The summed E-state index contributed by atoms with van der Waals surface area (Å²) in [5, 5.41) is 6.05. The molecule has 0 aromatic heterocycles. The van der Waals surface area contributed by atoms with Gasteiger partial charge in [0.05, 0.1) is 6.42 Å². The van der Waals surface area contributed by atoms with Crippen LogP contribution in [-0.2, 0) is 22.5 Å². The molecule has 0 saturated heterocycles. The highest BCUT2D eigenvalue weighted by Gasteiger charge is 2.06. The van der Waals surface area contributed by atoms with Gasteiger partial charge in [0.25, 0.3) is 0 Å². The van der Waals surface area contributed by atoms with Crippen molar-refractivity contribution in [3.63, 3.8) is 0 Å². The van der Waals surface area contributed by atoms with E-state index in [9.17, 15) is 4.79 Å². The van der Waals surface area contributed by atoms with Crippen LogP contribution in [0.2, 0.25) is 0 Å². The molecule has 0 radical (unpaired) electrons. The largest absolute Gasteiger partial charge is 0.384 e. The van der Waals surface area contributed by atoms with Crippen LogP contribution in [0.1, 0.15) is 17.5 Å². The van der Waals surface area contributed by atoms with Crippen LogP contribution in [0.4, 0.5) is 0 Å². The molecule has 0 amide bonds. The van der Waals surface area contributed by atoms with Crippen molar-refractivity contribution in [1.82, 2.24) is 0 Å². The van der Waals surface area contributed by atoms with Crippen molar-refractivity contribution in [1.29, 1.82) is 0 Å².